The first kappa shape index (κ1) is 20.7. The number of anilines is 1. The Morgan fingerprint density at radius 1 is 1.07 bits per heavy atom. The third-order valence-electron chi connectivity index (χ3n) is 4.72. The maximum absolute atomic E-state index is 12.3. The smallest absolute Gasteiger partial charge is 0.269 e. The summed E-state index contributed by atoms with van der Waals surface area (Å²) in [7, 11) is 3.80. The summed E-state index contributed by atoms with van der Waals surface area (Å²) in [5.41, 5.74) is 5.97. The third-order valence-corrected chi connectivity index (χ3v) is 4.72. The second-order valence-corrected chi connectivity index (χ2v) is 8.20. The Labute approximate surface area is 161 Å². The molecule has 1 heterocycles. The molecular weight excluding hydrogens is 344 g/mol. The van der Waals surface area contributed by atoms with Crippen LogP contribution in [-0.2, 0) is 9.59 Å². The zero-order valence-corrected chi connectivity index (χ0v) is 16.8. The van der Waals surface area contributed by atoms with Crippen molar-refractivity contribution >= 4 is 23.4 Å². The van der Waals surface area contributed by atoms with E-state index in [4.69, 9.17) is 0 Å². The molecule has 0 unspecified atom stereocenters. The molecule has 7 heteroatoms. The highest BCUT2D eigenvalue weighted by atomic mass is 16.2. The molecule has 0 atom stereocenters. The standard InChI is InChI=1S/C20H30N4O3/c1-20(2,3)19(27)24-11-9-14(10-12-24)17(25)21-22-18(26)15-7-6-8-16(13-15)23(4)5/h6-8,13-14H,9-12H2,1-5H3,(H,21,25)(H,22,26). The van der Waals surface area contributed by atoms with E-state index >= 15 is 0 Å². The molecule has 1 saturated heterocycles. The van der Waals surface area contributed by atoms with E-state index in [2.05, 4.69) is 10.9 Å². The van der Waals surface area contributed by atoms with Crippen molar-refractivity contribution in [2.75, 3.05) is 32.1 Å². The van der Waals surface area contributed by atoms with Crippen LogP contribution in [0.3, 0.4) is 0 Å². The lowest BCUT2D eigenvalue weighted by atomic mass is 9.91. The minimum absolute atomic E-state index is 0.107. The van der Waals surface area contributed by atoms with Gasteiger partial charge in [-0.15, -0.1) is 0 Å². The first-order chi connectivity index (χ1) is 12.6. The quantitative estimate of drug-likeness (QED) is 0.791. The molecule has 1 aromatic carbocycles. The highest BCUT2D eigenvalue weighted by molar-refractivity contribution is 5.96. The number of amides is 3. The summed E-state index contributed by atoms with van der Waals surface area (Å²) >= 11 is 0. The second kappa shape index (κ2) is 8.41. The van der Waals surface area contributed by atoms with Crippen LogP contribution in [0.5, 0.6) is 0 Å². The van der Waals surface area contributed by atoms with Gasteiger partial charge in [-0.1, -0.05) is 26.8 Å². The number of nitrogens with one attached hydrogen (secondary N) is 2. The van der Waals surface area contributed by atoms with Gasteiger partial charge in [-0.05, 0) is 31.0 Å². The number of carbonyl (C=O) groups is 3. The van der Waals surface area contributed by atoms with Gasteiger partial charge in [-0.25, -0.2) is 0 Å². The van der Waals surface area contributed by atoms with Crippen molar-refractivity contribution in [3.8, 4) is 0 Å². The molecule has 2 rings (SSSR count). The van der Waals surface area contributed by atoms with Gasteiger partial charge < -0.3 is 9.80 Å². The van der Waals surface area contributed by atoms with E-state index < -0.39 is 5.41 Å². The zero-order chi connectivity index (χ0) is 20.2. The van der Waals surface area contributed by atoms with Gasteiger partial charge in [0.05, 0.1) is 0 Å². The third kappa shape index (κ3) is 5.45. The van der Waals surface area contributed by atoms with Crippen LogP contribution in [0.4, 0.5) is 5.69 Å². The van der Waals surface area contributed by atoms with Crippen LogP contribution in [0.2, 0.25) is 0 Å². The van der Waals surface area contributed by atoms with Gasteiger partial charge in [0.25, 0.3) is 5.91 Å². The average molecular weight is 374 g/mol. The fourth-order valence-electron chi connectivity index (χ4n) is 3.04. The average Bonchev–Trinajstić information content (AvgIpc) is 2.64. The molecule has 3 amide bonds. The highest BCUT2D eigenvalue weighted by Crippen LogP contribution is 2.23. The Morgan fingerprint density at radius 3 is 2.26 bits per heavy atom. The lowest BCUT2D eigenvalue weighted by molar-refractivity contribution is -0.142. The van der Waals surface area contributed by atoms with Gasteiger partial charge in [0.1, 0.15) is 0 Å². The van der Waals surface area contributed by atoms with Crippen LogP contribution in [0.15, 0.2) is 24.3 Å². The number of hydrogen-bond donors (Lipinski definition) is 2. The molecule has 7 nitrogen and oxygen atoms in total. The molecule has 1 aliphatic heterocycles. The topological polar surface area (TPSA) is 81.8 Å². The summed E-state index contributed by atoms with van der Waals surface area (Å²) < 4.78 is 0. The molecule has 0 saturated carbocycles. The largest absolute Gasteiger partial charge is 0.378 e. The van der Waals surface area contributed by atoms with Crippen LogP contribution in [0, 0.1) is 11.3 Å². The van der Waals surface area contributed by atoms with E-state index in [1.54, 1.807) is 18.2 Å². The maximum Gasteiger partial charge on any atom is 0.269 e. The lowest BCUT2D eigenvalue weighted by Crippen LogP contribution is -2.49. The van der Waals surface area contributed by atoms with Gasteiger partial charge in [-0.2, -0.15) is 0 Å². The van der Waals surface area contributed by atoms with Gasteiger partial charge in [0.2, 0.25) is 11.8 Å². The molecule has 148 valence electrons. The zero-order valence-electron chi connectivity index (χ0n) is 16.8. The van der Waals surface area contributed by atoms with Crippen molar-refractivity contribution in [2.24, 2.45) is 11.3 Å². The first-order valence-electron chi connectivity index (χ1n) is 9.26. The van der Waals surface area contributed by atoms with Crippen molar-refractivity contribution in [1.29, 1.82) is 0 Å². The van der Waals surface area contributed by atoms with Crippen LogP contribution < -0.4 is 15.8 Å². The van der Waals surface area contributed by atoms with Crippen molar-refractivity contribution in [2.45, 2.75) is 33.6 Å². The van der Waals surface area contributed by atoms with Gasteiger partial charge in [0.15, 0.2) is 0 Å². The molecule has 0 radical (unpaired) electrons. The van der Waals surface area contributed by atoms with Crippen molar-refractivity contribution < 1.29 is 14.4 Å². The normalized spacial score (nSPS) is 15.2. The van der Waals surface area contributed by atoms with E-state index in [-0.39, 0.29) is 23.6 Å². The Bertz CT molecular complexity index is 701. The Morgan fingerprint density at radius 2 is 1.70 bits per heavy atom. The van der Waals surface area contributed by atoms with E-state index in [9.17, 15) is 14.4 Å². The molecule has 2 N–H and O–H groups in total. The number of benzene rings is 1. The minimum atomic E-state index is -0.413. The molecule has 0 bridgehead atoms. The van der Waals surface area contributed by atoms with Crippen LogP contribution in [0.25, 0.3) is 0 Å². The van der Waals surface area contributed by atoms with E-state index in [0.29, 0.717) is 31.5 Å². The van der Waals surface area contributed by atoms with Crippen LogP contribution in [0.1, 0.15) is 44.0 Å². The predicted octanol–water partition coefficient (Wildman–Crippen LogP) is 1.80. The first-order valence-corrected chi connectivity index (χ1v) is 9.26. The molecule has 0 aliphatic carbocycles. The Hall–Kier alpha value is -2.57. The summed E-state index contributed by atoms with van der Waals surface area (Å²) in [5, 5.41) is 0. The molecular formula is C20H30N4O3. The summed E-state index contributed by atoms with van der Waals surface area (Å²) in [6, 6.07) is 7.17. The number of carbonyl (C=O) groups excluding carboxylic acids is 3. The maximum atomic E-state index is 12.3. The Kier molecular flexibility index (Phi) is 6.46. The summed E-state index contributed by atoms with van der Waals surface area (Å²) in [5.74, 6) is -0.666. The number of hydrazine groups is 1. The predicted molar refractivity (Wildman–Crippen MR) is 105 cm³/mol. The van der Waals surface area contributed by atoms with Crippen molar-refractivity contribution in [3.63, 3.8) is 0 Å². The lowest BCUT2D eigenvalue weighted by Gasteiger charge is -2.35. The summed E-state index contributed by atoms with van der Waals surface area (Å²) in [6.07, 6.45) is 1.19. The highest BCUT2D eigenvalue weighted by Gasteiger charge is 2.32. The number of piperidine rings is 1. The van der Waals surface area contributed by atoms with Crippen molar-refractivity contribution in [1.82, 2.24) is 15.8 Å². The van der Waals surface area contributed by atoms with E-state index in [1.165, 1.54) is 0 Å². The molecule has 0 spiro atoms. The van der Waals surface area contributed by atoms with E-state index in [1.807, 2.05) is 50.7 Å². The SMILES string of the molecule is CN(C)c1cccc(C(=O)NNC(=O)C2CCN(C(=O)C(C)(C)C)CC2)c1. The van der Waals surface area contributed by atoms with Crippen LogP contribution in [-0.4, -0.2) is 49.8 Å². The van der Waals surface area contributed by atoms with E-state index in [0.717, 1.165) is 5.69 Å². The van der Waals surface area contributed by atoms with Gasteiger partial charge in [-0.3, -0.25) is 25.2 Å². The summed E-state index contributed by atoms with van der Waals surface area (Å²) in [4.78, 5) is 40.6. The number of hydrogen-bond acceptors (Lipinski definition) is 4. The molecule has 1 aromatic rings. The fourth-order valence-corrected chi connectivity index (χ4v) is 3.04. The minimum Gasteiger partial charge on any atom is -0.378 e. The number of nitrogens with zero attached hydrogens (tertiary/aromatic N) is 2. The molecule has 27 heavy (non-hydrogen) atoms. The Balaban J connectivity index is 1.84. The fraction of sp³-hybridized carbons (Fsp3) is 0.550. The second-order valence-electron chi connectivity index (χ2n) is 8.20. The van der Waals surface area contributed by atoms with Gasteiger partial charge >= 0.3 is 0 Å². The molecule has 1 fully saturated rings. The number of rotatable bonds is 3. The number of likely N-dealkylation sites (tertiary alicyclic amines) is 1. The summed E-state index contributed by atoms with van der Waals surface area (Å²) in [6.45, 7) is 6.82. The van der Waals surface area contributed by atoms with Crippen molar-refractivity contribution in [3.05, 3.63) is 29.8 Å². The molecule has 1 aliphatic rings. The monoisotopic (exact) mass is 374 g/mol. The van der Waals surface area contributed by atoms with Crippen LogP contribution >= 0.6 is 0 Å². The molecule has 0 aromatic heterocycles. The van der Waals surface area contributed by atoms with Gasteiger partial charge in [0, 0.05) is 49.8 Å².